The van der Waals surface area contributed by atoms with Gasteiger partial charge in [0.1, 0.15) is 0 Å². The molecule has 3 unspecified atom stereocenters. The summed E-state index contributed by atoms with van der Waals surface area (Å²) >= 11 is 9.49. The molecular weight excluding hydrogens is 326 g/mol. The maximum atomic E-state index is 12.2. The first-order chi connectivity index (χ1) is 9.15. The van der Waals surface area contributed by atoms with Crippen molar-refractivity contribution in [2.75, 3.05) is 6.54 Å². The van der Waals surface area contributed by atoms with Crippen LogP contribution in [0.25, 0.3) is 0 Å². The first kappa shape index (κ1) is 13.4. The second kappa shape index (κ2) is 5.45. The molecule has 3 rings (SSSR count). The van der Waals surface area contributed by atoms with Crippen LogP contribution in [0.2, 0.25) is 5.02 Å². The summed E-state index contributed by atoms with van der Waals surface area (Å²) in [5, 5.41) is 3.54. The molecule has 2 aliphatic rings. The predicted molar refractivity (Wildman–Crippen MR) is 80.4 cm³/mol. The molecule has 0 radical (unpaired) electrons. The van der Waals surface area contributed by atoms with E-state index in [0.29, 0.717) is 16.5 Å². The van der Waals surface area contributed by atoms with Gasteiger partial charge in [0.15, 0.2) is 0 Å². The molecule has 3 atom stereocenters. The predicted octanol–water partition coefficient (Wildman–Crippen LogP) is 4.27. The van der Waals surface area contributed by atoms with Crippen LogP contribution in [0.1, 0.15) is 36.0 Å². The Labute approximate surface area is 127 Å². The zero-order valence-electron chi connectivity index (χ0n) is 10.7. The molecule has 0 aromatic heterocycles. The standard InChI is InChI=1S/C15H17BrClNO/c16-13-3-1-2-12(14(13)17)15(19)18-8-11-7-9-4-5-10(11)6-9/h1-3,9-11H,4-8H2,(H,18,19). The summed E-state index contributed by atoms with van der Waals surface area (Å²) in [5.41, 5.74) is 0.555. The third-order valence-corrected chi connectivity index (χ3v) is 5.90. The maximum absolute atomic E-state index is 12.2. The lowest BCUT2D eigenvalue weighted by Crippen LogP contribution is -2.31. The van der Waals surface area contributed by atoms with E-state index in [1.54, 1.807) is 6.07 Å². The average Bonchev–Trinajstić information content (AvgIpc) is 3.01. The first-order valence-corrected chi connectivity index (χ1v) is 8.04. The van der Waals surface area contributed by atoms with Crippen LogP contribution in [0, 0.1) is 17.8 Å². The quantitative estimate of drug-likeness (QED) is 0.873. The smallest absolute Gasteiger partial charge is 0.252 e. The highest BCUT2D eigenvalue weighted by molar-refractivity contribution is 9.10. The van der Waals surface area contributed by atoms with Gasteiger partial charge in [-0.2, -0.15) is 0 Å². The Balaban J connectivity index is 1.61. The second-order valence-electron chi connectivity index (χ2n) is 5.75. The molecule has 1 N–H and O–H groups in total. The van der Waals surface area contributed by atoms with Gasteiger partial charge in [-0.1, -0.05) is 24.1 Å². The lowest BCUT2D eigenvalue weighted by atomic mass is 9.89. The van der Waals surface area contributed by atoms with Gasteiger partial charge in [0.25, 0.3) is 5.91 Å². The van der Waals surface area contributed by atoms with Crippen LogP contribution in [0.5, 0.6) is 0 Å². The molecule has 2 bridgehead atoms. The Morgan fingerprint density at radius 3 is 2.89 bits per heavy atom. The van der Waals surface area contributed by atoms with Gasteiger partial charge in [0.05, 0.1) is 10.6 Å². The average molecular weight is 343 g/mol. The Bertz CT molecular complexity index is 505. The molecule has 0 spiro atoms. The van der Waals surface area contributed by atoms with Gasteiger partial charge in [-0.25, -0.2) is 0 Å². The van der Waals surface area contributed by atoms with Gasteiger partial charge in [-0.15, -0.1) is 0 Å². The van der Waals surface area contributed by atoms with E-state index in [2.05, 4.69) is 21.2 Å². The minimum atomic E-state index is -0.0610. The second-order valence-corrected chi connectivity index (χ2v) is 6.98. The van der Waals surface area contributed by atoms with Crippen molar-refractivity contribution in [2.24, 2.45) is 17.8 Å². The molecule has 2 aliphatic carbocycles. The fourth-order valence-corrected chi connectivity index (χ4v) is 4.20. The molecular formula is C15H17BrClNO. The third kappa shape index (κ3) is 2.68. The minimum Gasteiger partial charge on any atom is -0.352 e. The fraction of sp³-hybridized carbons (Fsp3) is 0.533. The number of fused-ring (bicyclic) bond motifs is 2. The minimum absolute atomic E-state index is 0.0610. The van der Waals surface area contributed by atoms with Crippen molar-refractivity contribution >= 4 is 33.4 Å². The normalized spacial score (nSPS) is 28.6. The molecule has 4 heteroatoms. The summed E-state index contributed by atoms with van der Waals surface area (Å²) in [6, 6.07) is 5.45. The van der Waals surface area contributed by atoms with Gasteiger partial charge >= 0.3 is 0 Å². The number of nitrogens with one attached hydrogen (secondary N) is 1. The number of hydrogen-bond acceptors (Lipinski definition) is 1. The molecule has 1 aromatic carbocycles. The highest BCUT2D eigenvalue weighted by Gasteiger charge is 2.39. The van der Waals surface area contributed by atoms with E-state index in [9.17, 15) is 4.79 Å². The summed E-state index contributed by atoms with van der Waals surface area (Å²) in [4.78, 5) is 12.2. The summed E-state index contributed by atoms with van der Waals surface area (Å²) in [6.45, 7) is 0.794. The summed E-state index contributed by atoms with van der Waals surface area (Å²) in [5.74, 6) is 2.37. The summed E-state index contributed by atoms with van der Waals surface area (Å²) < 4.78 is 0.765. The van der Waals surface area contributed by atoms with Crippen LogP contribution in [0.15, 0.2) is 22.7 Å². The molecule has 1 amide bonds. The van der Waals surface area contributed by atoms with Crippen molar-refractivity contribution in [3.63, 3.8) is 0 Å². The van der Waals surface area contributed by atoms with E-state index in [0.717, 1.165) is 22.9 Å². The summed E-state index contributed by atoms with van der Waals surface area (Å²) in [6.07, 6.45) is 5.41. The fourth-order valence-electron chi connectivity index (χ4n) is 3.62. The van der Waals surface area contributed by atoms with Crippen LogP contribution < -0.4 is 5.32 Å². The van der Waals surface area contributed by atoms with Crippen LogP contribution in [-0.2, 0) is 0 Å². The maximum Gasteiger partial charge on any atom is 0.252 e. The zero-order valence-corrected chi connectivity index (χ0v) is 13.0. The van der Waals surface area contributed by atoms with Crippen molar-refractivity contribution in [3.05, 3.63) is 33.3 Å². The molecule has 2 saturated carbocycles. The van der Waals surface area contributed by atoms with Crippen molar-refractivity contribution < 1.29 is 4.79 Å². The Hall–Kier alpha value is -0.540. The monoisotopic (exact) mass is 341 g/mol. The Kier molecular flexibility index (Phi) is 3.86. The largest absolute Gasteiger partial charge is 0.352 e. The number of halogens is 2. The number of amides is 1. The highest BCUT2D eigenvalue weighted by Crippen LogP contribution is 2.47. The Morgan fingerprint density at radius 2 is 2.21 bits per heavy atom. The number of hydrogen-bond donors (Lipinski definition) is 1. The first-order valence-electron chi connectivity index (χ1n) is 6.87. The van der Waals surface area contributed by atoms with E-state index >= 15 is 0 Å². The van der Waals surface area contributed by atoms with Gasteiger partial charge < -0.3 is 5.32 Å². The lowest BCUT2D eigenvalue weighted by Gasteiger charge is -2.22. The molecule has 1 aromatic rings. The van der Waals surface area contributed by atoms with Crippen LogP contribution >= 0.6 is 27.5 Å². The van der Waals surface area contributed by atoms with Gasteiger partial charge in [-0.3, -0.25) is 4.79 Å². The van der Waals surface area contributed by atoms with E-state index in [4.69, 9.17) is 11.6 Å². The van der Waals surface area contributed by atoms with E-state index in [-0.39, 0.29) is 5.91 Å². The number of carbonyl (C=O) groups excluding carboxylic acids is 1. The zero-order chi connectivity index (χ0) is 13.4. The molecule has 2 nitrogen and oxygen atoms in total. The van der Waals surface area contributed by atoms with Crippen molar-refractivity contribution in [3.8, 4) is 0 Å². The number of carbonyl (C=O) groups is 1. The van der Waals surface area contributed by atoms with Crippen LogP contribution in [-0.4, -0.2) is 12.5 Å². The van der Waals surface area contributed by atoms with Crippen LogP contribution in [0.4, 0.5) is 0 Å². The molecule has 2 fully saturated rings. The van der Waals surface area contributed by atoms with Crippen molar-refractivity contribution in [1.82, 2.24) is 5.32 Å². The summed E-state index contributed by atoms with van der Waals surface area (Å²) in [7, 11) is 0. The number of rotatable bonds is 3. The van der Waals surface area contributed by atoms with Crippen LogP contribution in [0.3, 0.4) is 0 Å². The van der Waals surface area contributed by atoms with Crippen molar-refractivity contribution in [2.45, 2.75) is 25.7 Å². The van der Waals surface area contributed by atoms with E-state index in [1.165, 1.54) is 25.7 Å². The molecule has 0 aliphatic heterocycles. The van der Waals surface area contributed by atoms with E-state index in [1.807, 2.05) is 12.1 Å². The molecule has 19 heavy (non-hydrogen) atoms. The molecule has 0 heterocycles. The third-order valence-electron chi connectivity index (χ3n) is 4.61. The van der Waals surface area contributed by atoms with Gasteiger partial charge in [0, 0.05) is 11.0 Å². The van der Waals surface area contributed by atoms with Gasteiger partial charge in [-0.05, 0) is 65.1 Å². The molecule has 102 valence electrons. The van der Waals surface area contributed by atoms with E-state index < -0.39 is 0 Å². The Morgan fingerprint density at radius 1 is 1.37 bits per heavy atom. The van der Waals surface area contributed by atoms with Gasteiger partial charge in [0.2, 0.25) is 0 Å². The SMILES string of the molecule is O=C(NCC1CC2CCC1C2)c1cccc(Br)c1Cl. The highest BCUT2D eigenvalue weighted by atomic mass is 79.9. The topological polar surface area (TPSA) is 29.1 Å². The number of benzene rings is 1. The van der Waals surface area contributed by atoms with Crippen molar-refractivity contribution in [1.29, 1.82) is 0 Å². The molecule has 0 saturated heterocycles. The lowest BCUT2D eigenvalue weighted by molar-refractivity contribution is 0.0942.